The van der Waals surface area contributed by atoms with Crippen molar-refractivity contribution >= 4 is 27.7 Å². The van der Waals surface area contributed by atoms with Gasteiger partial charge in [-0.3, -0.25) is 9.59 Å². The lowest BCUT2D eigenvalue weighted by molar-refractivity contribution is 0.0936. The summed E-state index contributed by atoms with van der Waals surface area (Å²) in [5, 5.41) is 5.64. The Balaban J connectivity index is 2.03. The van der Waals surface area contributed by atoms with Gasteiger partial charge in [0.1, 0.15) is 5.82 Å². The second kappa shape index (κ2) is 8.76. The largest absolute Gasteiger partial charge is 0.350 e. The van der Waals surface area contributed by atoms with Crippen LogP contribution in [0.2, 0.25) is 0 Å². The highest BCUT2D eigenvalue weighted by Crippen LogP contribution is 2.18. The average molecular weight is 407 g/mol. The van der Waals surface area contributed by atoms with Crippen molar-refractivity contribution in [1.29, 1.82) is 0 Å². The molecule has 2 rings (SSSR count). The Morgan fingerprint density at radius 3 is 2.64 bits per heavy atom. The molecule has 0 radical (unpaired) electrons. The van der Waals surface area contributed by atoms with E-state index in [0.29, 0.717) is 10.0 Å². The maximum atomic E-state index is 13.3. The molecule has 132 valence electrons. The molecule has 25 heavy (non-hydrogen) atoms. The van der Waals surface area contributed by atoms with Gasteiger partial charge in [0.15, 0.2) is 0 Å². The third-order valence-electron chi connectivity index (χ3n) is 3.81. The Morgan fingerprint density at radius 2 is 1.92 bits per heavy atom. The minimum Gasteiger partial charge on any atom is -0.350 e. The maximum Gasteiger partial charge on any atom is 0.252 e. The first kappa shape index (κ1) is 19.1. The molecule has 2 N–H and O–H groups in total. The molecule has 0 aliphatic carbocycles. The van der Waals surface area contributed by atoms with Crippen LogP contribution in [0.15, 0.2) is 46.9 Å². The molecule has 2 aromatic rings. The van der Waals surface area contributed by atoms with E-state index in [1.807, 2.05) is 19.9 Å². The fraction of sp³-hybridized carbons (Fsp3) is 0.263. The number of halogens is 2. The van der Waals surface area contributed by atoms with Crippen LogP contribution in [0.3, 0.4) is 0 Å². The summed E-state index contributed by atoms with van der Waals surface area (Å²) in [6.45, 7) is 4.19. The van der Waals surface area contributed by atoms with E-state index in [2.05, 4.69) is 26.6 Å². The zero-order valence-corrected chi connectivity index (χ0v) is 15.7. The molecular formula is C19H20BrFN2O2. The normalized spacial score (nSPS) is 11.7. The average Bonchev–Trinajstić information content (AvgIpc) is 2.61. The molecule has 0 saturated carbocycles. The zero-order chi connectivity index (χ0) is 18.4. The van der Waals surface area contributed by atoms with Crippen molar-refractivity contribution in [2.24, 2.45) is 0 Å². The molecule has 2 aromatic carbocycles. The summed E-state index contributed by atoms with van der Waals surface area (Å²) in [4.78, 5) is 24.4. The van der Waals surface area contributed by atoms with E-state index in [0.717, 1.165) is 12.0 Å². The number of carbonyl (C=O) groups is 2. The summed E-state index contributed by atoms with van der Waals surface area (Å²) >= 11 is 3.24. The van der Waals surface area contributed by atoms with Gasteiger partial charge in [0.05, 0.1) is 5.56 Å². The first-order chi connectivity index (χ1) is 11.9. The summed E-state index contributed by atoms with van der Waals surface area (Å²) in [5.74, 6) is -1.01. The van der Waals surface area contributed by atoms with Crippen molar-refractivity contribution in [1.82, 2.24) is 10.6 Å². The number of nitrogens with one attached hydrogen (secondary N) is 2. The van der Waals surface area contributed by atoms with Gasteiger partial charge in [-0.2, -0.15) is 0 Å². The second-order valence-corrected chi connectivity index (χ2v) is 6.64. The fourth-order valence-corrected chi connectivity index (χ4v) is 2.61. The first-order valence-electron chi connectivity index (χ1n) is 8.03. The number of benzene rings is 2. The van der Waals surface area contributed by atoms with Crippen LogP contribution in [0.25, 0.3) is 0 Å². The fourth-order valence-electron chi connectivity index (χ4n) is 2.18. The van der Waals surface area contributed by atoms with Crippen molar-refractivity contribution < 1.29 is 14.0 Å². The monoisotopic (exact) mass is 406 g/mol. The van der Waals surface area contributed by atoms with Gasteiger partial charge in [0, 0.05) is 22.6 Å². The first-order valence-corrected chi connectivity index (χ1v) is 8.83. The summed E-state index contributed by atoms with van der Waals surface area (Å²) in [7, 11) is 0. The molecule has 0 unspecified atom stereocenters. The van der Waals surface area contributed by atoms with Crippen molar-refractivity contribution in [3.05, 3.63) is 69.4 Å². The lowest BCUT2D eigenvalue weighted by Gasteiger charge is -2.12. The predicted molar refractivity (Wildman–Crippen MR) is 98.9 cm³/mol. The standard InChI is InChI=1S/C19H20BrFN2O2/c1-3-12(2)23-18(24)14-6-4-5-13(9-14)11-22-19(25)16-10-15(21)7-8-17(16)20/h4-10,12H,3,11H2,1-2H3,(H,22,25)(H,23,24)/t12-/m0/s1. The van der Waals surface area contributed by atoms with E-state index >= 15 is 0 Å². The van der Waals surface area contributed by atoms with Crippen LogP contribution in [0.5, 0.6) is 0 Å². The smallest absolute Gasteiger partial charge is 0.252 e. The Hall–Kier alpha value is -2.21. The molecule has 2 amide bonds. The maximum absolute atomic E-state index is 13.3. The molecule has 0 aromatic heterocycles. The Labute approximate surface area is 154 Å². The van der Waals surface area contributed by atoms with Crippen molar-refractivity contribution in [3.8, 4) is 0 Å². The third kappa shape index (κ3) is 5.39. The van der Waals surface area contributed by atoms with Crippen LogP contribution in [0, 0.1) is 5.82 Å². The molecule has 0 fully saturated rings. The van der Waals surface area contributed by atoms with Gasteiger partial charge in [0.2, 0.25) is 0 Å². The van der Waals surface area contributed by atoms with E-state index < -0.39 is 5.82 Å². The van der Waals surface area contributed by atoms with Crippen molar-refractivity contribution in [2.45, 2.75) is 32.9 Å². The lowest BCUT2D eigenvalue weighted by Crippen LogP contribution is -2.32. The Morgan fingerprint density at radius 1 is 1.16 bits per heavy atom. The van der Waals surface area contributed by atoms with Gasteiger partial charge < -0.3 is 10.6 Å². The quantitative estimate of drug-likeness (QED) is 0.759. The zero-order valence-electron chi connectivity index (χ0n) is 14.1. The topological polar surface area (TPSA) is 58.2 Å². The lowest BCUT2D eigenvalue weighted by atomic mass is 10.1. The number of rotatable bonds is 6. The van der Waals surface area contributed by atoms with E-state index in [1.54, 1.807) is 18.2 Å². The van der Waals surface area contributed by atoms with Crippen LogP contribution in [0.1, 0.15) is 46.5 Å². The molecule has 0 aliphatic heterocycles. The van der Waals surface area contributed by atoms with Gasteiger partial charge >= 0.3 is 0 Å². The highest BCUT2D eigenvalue weighted by Gasteiger charge is 2.12. The summed E-state index contributed by atoms with van der Waals surface area (Å²) < 4.78 is 13.8. The van der Waals surface area contributed by atoms with Crippen molar-refractivity contribution in [3.63, 3.8) is 0 Å². The molecule has 1 atom stereocenters. The van der Waals surface area contributed by atoms with Gasteiger partial charge in [-0.05, 0) is 65.2 Å². The molecule has 0 spiro atoms. The number of amides is 2. The van der Waals surface area contributed by atoms with Gasteiger partial charge in [-0.15, -0.1) is 0 Å². The predicted octanol–water partition coefficient (Wildman–Crippen LogP) is 4.05. The summed E-state index contributed by atoms with van der Waals surface area (Å²) in [5.41, 5.74) is 1.56. The highest BCUT2D eigenvalue weighted by atomic mass is 79.9. The molecule has 0 heterocycles. The molecule has 0 saturated heterocycles. The number of hydrogen-bond donors (Lipinski definition) is 2. The molecule has 4 nitrogen and oxygen atoms in total. The number of hydrogen-bond acceptors (Lipinski definition) is 2. The molecule has 0 bridgehead atoms. The van der Waals surface area contributed by atoms with Crippen LogP contribution in [0.4, 0.5) is 4.39 Å². The summed E-state index contributed by atoms with van der Waals surface area (Å²) in [6.07, 6.45) is 0.851. The third-order valence-corrected chi connectivity index (χ3v) is 4.50. The highest BCUT2D eigenvalue weighted by molar-refractivity contribution is 9.10. The van der Waals surface area contributed by atoms with E-state index in [4.69, 9.17) is 0 Å². The minimum absolute atomic E-state index is 0.0983. The van der Waals surface area contributed by atoms with Crippen LogP contribution < -0.4 is 10.6 Å². The van der Waals surface area contributed by atoms with Gasteiger partial charge in [0.25, 0.3) is 11.8 Å². The van der Waals surface area contributed by atoms with Gasteiger partial charge in [-0.1, -0.05) is 19.1 Å². The van der Waals surface area contributed by atoms with Crippen LogP contribution >= 0.6 is 15.9 Å². The van der Waals surface area contributed by atoms with E-state index in [-0.39, 0.29) is 30.0 Å². The van der Waals surface area contributed by atoms with Crippen LogP contribution in [-0.2, 0) is 6.54 Å². The van der Waals surface area contributed by atoms with Crippen molar-refractivity contribution in [2.75, 3.05) is 0 Å². The SMILES string of the molecule is CC[C@H](C)NC(=O)c1cccc(CNC(=O)c2cc(F)ccc2Br)c1. The van der Waals surface area contributed by atoms with Crippen LogP contribution in [-0.4, -0.2) is 17.9 Å². The molecule has 6 heteroatoms. The van der Waals surface area contributed by atoms with E-state index in [1.165, 1.54) is 18.2 Å². The Bertz CT molecular complexity index is 780. The second-order valence-electron chi connectivity index (χ2n) is 5.79. The Kier molecular flexibility index (Phi) is 6.70. The van der Waals surface area contributed by atoms with E-state index in [9.17, 15) is 14.0 Å². The van der Waals surface area contributed by atoms with Gasteiger partial charge in [-0.25, -0.2) is 4.39 Å². The molecular weight excluding hydrogens is 387 g/mol. The minimum atomic E-state index is -0.475. The molecule has 0 aliphatic rings. The summed E-state index contributed by atoms with van der Waals surface area (Å²) in [6, 6.07) is 11.1. The number of carbonyl (C=O) groups excluding carboxylic acids is 2.